The average molecular weight is 416 g/mol. The molecule has 1 N–H and O–H groups in total. The minimum Gasteiger partial charge on any atom is -0.336 e. The number of aromatic amines is 1. The molecule has 0 saturated carbocycles. The summed E-state index contributed by atoms with van der Waals surface area (Å²) in [4.78, 5) is 24.5. The van der Waals surface area contributed by atoms with E-state index in [9.17, 15) is 4.79 Å². The van der Waals surface area contributed by atoms with Crippen LogP contribution in [0.4, 0.5) is 0 Å². The molecule has 0 aliphatic rings. The van der Waals surface area contributed by atoms with Gasteiger partial charge in [0, 0.05) is 7.05 Å². The van der Waals surface area contributed by atoms with Gasteiger partial charge in [-0.2, -0.15) is 0 Å². The Morgan fingerprint density at radius 1 is 1.26 bits per heavy atom. The fourth-order valence-electron chi connectivity index (χ4n) is 2.51. The van der Waals surface area contributed by atoms with Crippen LogP contribution in [-0.4, -0.2) is 43.8 Å². The van der Waals surface area contributed by atoms with Gasteiger partial charge in [0.25, 0.3) is 0 Å². The first kappa shape index (κ1) is 18.1. The molecule has 0 bridgehead atoms. The molecule has 3 heterocycles. The lowest BCUT2D eigenvalue weighted by atomic mass is 10.3. The highest BCUT2D eigenvalue weighted by molar-refractivity contribution is 7.99. The maximum absolute atomic E-state index is 12.6. The number of para-hydroxylation sites is 1. The van der Waals surface area contributed by atoms with Crippen molar-refractivity contribution in [2.75, 3.05) is 12.8 Å². The molecule has 4 rings (SSSR count). The summed E-state index contributed by atoms with van der Waals surface area (Å²) in [5, 5.41) is 10.6. The minimum atomic E-state index is -0.0793. The minimum absolute atomic E-state index is 0.0224. The van der Waals surface area contributed by atoms with Gasteiger partial charge >= 0.3 is 0 Å². The van der Waals surface area contributed by atoms with E-state index < -0.39 is 0 Å². The molecule has 27 heavy (non-hydrogen) atoms. The molecule has 0 radical (unpaired) electrons. The van der Waals surface area contributed by atoms with Crippen molar-refractivity contribution in [3.05, 3.63) is 46.8 Å². The number of nitrogens with one attached hydrogen (secondary N) is 1. The maximum atomic E-state index is 12.6. The monoisotopic (exact) mass is 415 g/mol. The first-order chi connectivity index (χ1) is 13.1. The van der Waals surface area contributed by atoms with Gasteiger partial charge < -0.3 is 4.90 Å². The number of benzene rings is 1. The number of H-pyrrole nitrogens is 1. The van der Waals surface area contributed by atoms with Gasteiger partial charge in [-0.15, -0.1) is 27.8 Å². The molecule has 4 aromatic rings. The largest absolute Gasteiger partial charge is 0.336 e. The van der Waals surface area contributed by atoms with Gasteiger partial charge in [-0.05, 0) is 30.5 Å². The van der Waals surface area contributed by atoms with E-state index in [1.54, 1.807) is 27.6 Å². The van der Waals surface area contributed by atoms with Crippen LogP contribution in [0.2, 0.25) is 0 Å². The number of amides is 1. The van der Waals surface area contributed by atoms with E-state index in [4.69, 9.17) is 0 Å². The molecule has 0 fully saturated rings. The Morgan fingerprint density at radius 3 is 2.89 bits per heavy atom. The Morgan fingerprint density at radius 2 is 2.11 bits per heavy atom. The summed E-state index contributed by atoms with van der Waals surface area (Å²) < 4.78 is 1.14. The van der Waals surface area contributed by atoms with Crippen LogP contribution in [0.25, 0.3) is 20.9 Å². The molecule has 1 amide bonds. The zero-order valence-corrected chi connectivity index (χ0v) is 17.2. The van der Waals surface area contributed by atoms with Crippen LogP contribution >= 0.6 is 34.4 Å². The number of hydrogen-bond acceptors (Lipinski definition) is 7. The Kier molecular flexibility index (Phi) is 5.24. The first-order valence-electron chi connectivity index (χ1n) is 8.32. The summed E-state index contributed by atoms with van der Waals surface area (Å²) in [6.45, 7) is 2.00. The third-order valence-electron chi connectivity index (χ3n) is 4.19. The number of carbonyl (C=O) groups is 1. The molecule has 0 spiro atoms. The van der Waals surface area contributed by atoms with Crippen molar-refractivity contribution in [1.29, 1.82) is 0 Å². The molecule has 0 aliphatic carbocycles. The Bertz CT molecular complexity index is 1020. The number of thiophene rings is 1. The quantitative estimate of drug-likeness (QED) is 0.471. The van der Waals surface area contributed by atoms with E-state index in [1.807, 2.05) is 49.7 Å². The second-order valence-electron chi connectivity index (χ2n) is 5.93. The van der Waals surface area contributed by atoms with E-state index in [0.29, 0.717) is 5.16 Å². The van der Waals surface area contributed by atoms with Crippen molar-refractivity contribution in [2.24, 2.45) is 0 Å². The molecule has 0 saturated heterocycles. The highest BCUT2D eigenvalue weighted by Crippen LogP contribution is 2.29. The number of carbonyl (C=O) groups excluding carboxylic acids is 1. The van der Waals surface area contributed by atoms with Gasteiger partial charge in [-0.25, -0.2) is 9.97 Å². The zero-order chi connectivity index (χ0) is 18.8. The summed E-state index contributed by atoms with van der Waals surface area (Å²) in [5.74, 6) is 1.04. The van der Waals surface area contributed by atoms with Gasteiger partial charge in [-0.3, -0.25) is 9.89 Å². The summed E-state index contributed by atoms with van der Waals surface area (Å²) in [6, 6.07) is 11.9. The second-order valence-corrected chi connectivity index (χ2v) is 8.89. The lowest BCUT2D eigenvalue weighted by Crippen LogP contribution is -2.31. The van der Waals surface area contributed by atoms with Gasteiger partial charge in [0.1, 0.15) is 5.01 Å². The van der Waals surface area contributed by atoms with Crippen LogP contribution in [0.15, 0.2) is 46.9 Å². The predicted molar refractivity (Wildman–Crippen MR) is 111 cm³/mol. The number of fused-ring (bicyclic) bond motifs is 1. The van der Waals surface area contributed by atoms with Crippen LogP contribution < -0.4 is 0 Å². The van der Waals surface area contributed by atoms with Crippen molar-refractivity contribution < 1.29 is 4.79 Å². The van der Waals surface area contributed by atoms with E-state index >= 15 is 0 Å². The smallest absolute Gasteiger partial charge is 0.233 e. The van der Waals surface area contributed by atoms with Crippen LogP contribution in [0.3, 0.4) is 0 Å². The molecule has 6 nitrogen and oxygen atoms in total. The number of aromatic nitrogens is 4. The van der Waals surface area contributed by atoms with Crippen molar-refractivity contribution in [3.8, 4) is 10.7 Å². The molecule has 1 atom stereocenters. The lowest BCUT2D eigenvalue weighted by molar-refractivity contribution is -0.128. The van der Waals surface area contributed by atoms with E-state index in [2.05, 4.69) is 26.2 Å². The SMILES string of the molecule is CC(c1nc2ccccc2s1)N(C)C(=O)CSc1n[nH]c(-c2cccs2)n1. The van der Waals surface area contributed by atoms with Crippen molar-refractivity contribution in [1.82, 2.24) is 25.1 Å². The number of hydrogen-bond donors (Lipinski definition) is 1. The van der Waals surface area contributed by atoms with Gasteiger partial charge in [-0.1, -0.05) is 30.0 Å². The second kappa shape index (κ2) is 7.79. The molecular formula is C18H17N5OS3. The van der Waals surface area contributed by atoms with E-state index in [0.717, 1.165) is 25.9 Å². The normalized spacial score (nSPS) is 12.4. The van der Waals surface area contributed by atoms with Crippen molar-refractivity contribution in [2.45, 2.75) is 18.1 Å². The van der Waals surface area contributed by atoms with E-state index in [-0.39, 0.29) is 17.7 Å². The van der Waals surface area contributed by atoms with E-state index in [1.165, 1.54) is 11.8 Å². The van der Waals surface area contributed by atoms with Crippen molar-refractivity contribution >= 4 is 50.6 Å². The van der Waals surface area contributed by atoms with Crippen molar-refractivity contribution in [3.63, 3.8) is 0 Å². The number of nitrogens with zero attached hydrogens (tertiary/aromatic N) is 4. The molecule has 138 valence electrons. The third-order valence-corrected chi connectivity index (χ3v) is 7.10. The molecule has 0 aliphatic heterocycles. The number of thiazole rings is 1. The standard InChI is InChI=1S/C18H17N5OS3/c1-11(17-19-12-6-3-4-7-13(12)27-17)23(2)15(24)10-26-18-20-16(21-22-18)14-8-5-9-25-14/h3-9,11H,10H2,1-2H3,(H,20,21,22). The summed E-state index contributed by atoms with van der Waals surface area (Å²) >= 11 is 4.56. The third kappa shape index (κ3) is 3.90. The predicted octanol–water partition coefficient (Wildman–Crippen LogP) is 4.45. The molecule has 1 aromatic carbocycles. The summed E-state index contributed by atoms with van der Waals surface area (Å²) in [7, 11) is 1.81. The summed E-state index contributed by atoms with van der Waals surface area (Å²) in [6.07, 6.45) is 0. The van der Waals surface area contributed by atoms with Crippen LogP contribution in [0.1, 0.15) is 18.0 Å². The fraction of sp³-hybridized carbons (Fsp3) is 0.222. The average Bonchev–Trinajstić information content (AvgIpc) is 3.44. The summed E-state index contributed by atoms with van der Waals surface area (Å²) in [5.41, 5.74) is 0.974. The molecular weight excluding hydrogens is 398 g/mol. The number of rotatable bonds is 6. The Balaban J connectivity index is 1.38. The van der Waals surface area contributed by atoms with Crippen LogP contribution in [0.5, 0.6) is 0 Å². The first-order valence-corrected chi connectivity index (χ1v) is 11.0. The molecule has 3 aromatic heterocycles. The highest BCUT2D eigenvalue weighted by Gasteiger charge is 2.21. The van der Waals surface area contributed by atoms with Gasteiger partial charge in [0.15, 0.2) is 5.82 Å². The fourth-order valence-corrected chi connectivity index (χ4v) is 4.96. The van der Waals surface area contributed by atoms with Crippen LogP contribution in [-0.2, 0) is 4.79 Å². The van der Waals surface area contributed by atoms with Gasteiger partial charge in [0.2, 0.25) is 11.1 Å². The highest BCUT2D eigenvalue weighted by atomic mass is 32.2. The molecule has 1 unspecified atom stereocenters. The number of thioether (sulfide) groups is 1. The Hall–Kier alpha value is -2.23. The lowest BCUT2D eigenvalue weighted by Gasteiger charge is -2.22. The van der Waals surface area contributed by atoms with Gasteiger partial charge in [0.05, 0.1) is 26.9 Å². The maximum Gasteiger partial charge on any atom is 0.233 e. The molecule has 9 heteroatoms. The Labute approximate surface area is 168 Å². The topological polar surface area (TPSA) is 74.8 Å². The zero-order valence-electron chi connectivity index (χ0n) is 14.7. The van der Waals surface area contributed by atoms with Crippen LogP contribution in [0, 0.1) is 0 Å².